The van der Waals surface area contributed by atoms with E-state index in [0.717, 1.165) is 0 Å². The van der Waals surface area contributed by atoms with Crippen molar-refractivity contribution in [2.24, 2.45) is 0 Å². The van der Waals surface area contributed by atoms with Gasteiger partial charge in [0.15, 0.2) is 0 Å². The van der Waals surface area contributed by atoms with E-state index in [1.54, 1.807) is 0 Å². The standard InChI is InChI=1S/C6H5BrClFO/c7-6(9)3-1-2-4(8)5(6)10/h1-3,5,10H. The maximum atomic E-state index is 13.0. The van der Waals surface area contributed by atoms with Gasteiger partial charge in [0.25, 0.3) is 0 Å². The second-order valence-electron chi connectivity index (χ2n) is 1.99. The Balaban J connectivity index is 2.89. The van der Waals surface area contributed by atoms with Gasteiger partial charge in [0.05, 0.1) is 5.03 Å². The van der Waals surface area contributed by atoms with E-state index in [0.29, 0.717) is 0 Å². The summed E-state index contributed by atoms with van der Waals surface area (Å²) in [5.74, 6) is 0. The lowest BCUT2D eigenvalue weighted by molar-refractivity contribution is 0.122. The lowest BCUT2D eigenvalue weighted by Crippen LogP contribution is -2.31. The molecule has 4 heteroatoms. The Morgan fingerprint density at radius 2 is 2.40 bits per heavy atom. The summed E-state index contributed by atoms with van der Waals surface area (Å²) in [6.45, 7) is 0. The molecule has 0 fully saturated rings. The molecule has 1 nitrogen and oxygen atoms in total. The number of halogens is 3. The minimum absolute atomic E-state index is 0.0990. The summed E-state index contributed by atoms with van der Waals surface area (Å²) in [5, 5.41) is 9.13. The molecule has 0 heterocycles. The van der Waals surface area contributed by atoms with Gasteiger partial charge in [-0.15, -0.1) is 0 Å². The van der Waals surface area contributed by atoms with Gasteiger partial charge in [0.1, 0.15) is 6.10 Å². The lowest BCUT2D eigenvalue weighted by atomic mass is 10.1. The molecule has 1 rings (SSSR count). The third kappa shape index (κ3) is 1.41. The molecule has 0 radical (unpaired) electrons. The van der Waals surface area contributed by atoms with E-state index >= 15 is 0 Å². The van der Waals surface area contributed by atoms with Crippen LogP contribution in [0, 0.1) is 0 Å². The summed E-state index contributed by atoms with van der Waals surface area (Å²) in [6.07, 6.45) is 2.80. The van der Waals surface area contributed by atoms with Crippen LogP contribution in [0.1, 0.15) is 0 Å². The Morgan fingerprint density at radius 1 is 1.80 bits per heavy atom. The molecule has 0 aromatic rings. The molecule has 0 aromatic carbocycles. The highest BCUT2D eigenvalue weighted by Crippen LogP contribution is 2.34. The minimum atomic E-state index is -1.90. The maximum absolute atomic E-state index is 13.0. The molecule has 0 saturated heterocycles. The van der Waals surface area contributed by atoms with Crippen LogP contribution in [0.15, 0.2) is 23.3 Å². The zero-order valence-corrected chi connectivity index (χ0v) is 7.23. The first kappa shape index (κ1) is 8.24. The molecular formula is C6H5BrClFO. The van der Waals surface area contributed by atoms with Gasteiger partial charge in [-0.3, -0.25) is 0 Å². The third-order valence-electron chi connectivity index (χ3n) is 1.20. The van der Waals surface area contributed by atoms with E-state index in [-0.39, 0.29) is 5.03 Å². The number of hydrogen-bond donors (Lipinski definition) is 1. The molecule has 2 atom stereocenters. The zero-order valence-electron chi connectivity index (χ0n) is 4.89. The molecule has 0 aromatic heterocycles. The molecular weight excluding hydrogens is 222 g/mol. The number of hydrogen-bond acceptors (Lipinski definition) is 1. The summed E-state index contributed by atoms with van der Waals surface area (Å²) >= 11 is 8.11. The highest BCUT2D eigenvalue weighted by atomic mass is 79.9. The van der Waals surface area contributed by atoms with Crippen LogP contribution in [0.5, 0.6) is 0 Å². The Bertz CT molecular complexity index is 200. The molecule has 2 unspecified atom stereocenters. The Kier molecular flexibility index (Phi) is 2.18. The van der Waals surface area contributed by atoms with Crippen molar-refractivity contribution in [3.8, 4) is 0 Å². The normalized spacial score (nSPS) is 39.6. The van der Waals surface area contributed by atoms with Crippen molar-refractivity contribution < 1.29 is 9.50 Å². The molecule has 10 heavy (non-hydrogen) atoms. The second-order valence-corrected chi connectivity index (χ2v) is 3.64. The first-order chi connectivity index (χ1) is 4.54. The smallest absolute Gasteiger partial charge is 0.214 e. The highest BCUT2D eigenvalue weighted by Gasteiger charge is 2.35. The van der Waals surface area contributed by atoms with Gasteiger partial charge < -0.3 is 5.11 Å². The van der Waals surface area contributed by atoms with Crippen LogP contribution in [0.2, 0.25) is 0 Å². The van der Waals surface area contributed by atoms with Crippen molar-refractivity contribution in [3.05, 3.63) is 23.3 Å². The highest BCUT2D eigenvalue weighted by molar-refractivity contribution is 9.10. The van der Waals surface area contributed by atoms with E-state index in [4.69, 9.17) is 16.7 Å². The van der Waals surface area contributed by atoms with Gasteiger partial charge in [-0.1, -0.05) is 17.7 Å². The summed E-state index contributed by atoms with van der Waals surface area (Å²) in [6, 6.07) is 0. The Hall–Kier alpha value is 0.140. The van der Waals surface area contributed by atoms with Crippen molar-refractivity contribution in [2.75, 3.05) is 0 Å². The Labute approximate surface area is 71.3 Å². The van der Waals surface area contributed by atoms with Gasteiger partial charge in [0, 0.05) is 0 Å². The number of alkyl halides is 2. The van der Waals surface area contributed by atoms with Crippen LogP contribution in [0.25, 0.3) is 0 Å². The number of aliphatic hydroxyl groups is 1. The average Bonchev–Trinajstić information content (AvgIpc) is 1.83. The van der Waals surface area contributed by atoms with E-state index < -0.39 is 10.7 Å². The minimum Gasteiger partial charge on any atom is -0.383 e. The van der Waals surface area contributed by atoms with Crippen LogP contribution in [-0.2, 0) is 0 Å². The van der Waals surface area contributed by atoms with Gasteiger partial charge in [-0.2, -0.15) is 0 Å². The van der Waals surface area contributed by atoms with Crippen molar-refractivity contribution in [3.63, 3.8) is 0 Å². The van der Waals surface area contributed by atoms with E-state index in [1.165, 1.54) is 18.2 Å². The molecule has 0 aliphatic heterocycles. The maximum Gasteiger partial charge on any atom is 0.214 e. The van der Waals surface area contributed by atoms with Crippen LogP contribution < -0.4 is 0 Å². The Morgan fingerprint density at radius 3 is 2.80 bits per heavy atom. The average molecular weight is 227 g/mol. The van der Waals surface area contributed by atoms with Crippen molar-refractivity contribution in [1.29, 1.82) is 0 Å². The quantitative estimate of drug-likeness (QED) is 0.629. The van der Waals surface area contributed by atoms with Crippen LogP contribution in [-0.4, -0.2) is 15.8 Å². The molecule has 0 saturated carbocycles. The molecule has 0 bridgehead atoms. The predicted octanol–water partition coefficient (Wildman–Crippen LogP) is 2.10. The zero-order chi connectivity index (χ0) is 7.78. The fourth-order valence-electron chi connectivity index (χ4n) is 0.634. The SMILES string of the molecule is OC1C(Cl)=CC=CC1(F)Br. The lowest BCUT2D eigenvalue weighted by Gasteiger charge is -2.22. The molecule has 56 valence electrons. The topological polar surface area (TPSA) is 20.2 Å². The van der Waals surface area contributed by atoms with Crippen LogP contribution >= 0.6 is 27.5 Å². The molecule has 1 aliphatic rings. The first-order valence-corrected chi connectivity index (χ1v) is 3.82. The molecule has 0 amide bonds. The third-order valence-corrected chi connectivity index (χ3v) is 2.23. The number of rotatable bonds is 0. The van der Waals surface area contributed by atoms with Gasteiger partial charge >= 0.3 is 0 Å². The summed E-state index contributed by atoms with van der Waals surface area (Å²) in [7, 11) is 0. The molecule has 1 aliphatic carbocycles. The van der Waals surface area contributed by atoms with Crippen LogP contribution in [0.4, 0.5) is 4.39 Å². The molecule has 0 spiro atoms. The van der Waals surface area contributed by atoms with Crippen LogP contribution in [0.3, 0.4) is 0 Å². The summed E-state index contributed by atoms with van der Waals surface area (Å²) in [4.78, 5) is 0. The van der Waals surface area contributed by atoms with E-state index in [2.05, 4.69) is 15.9 Å². The predicted molar refractivity (Wildman–Crippen MR) is 41.8 cm³/mol. The van der Waals surface area contributed by atoms with Gasteiger partial charge in [0.2, 0.25) is 4.58 Å². The van der Waals surface area contributed by atoms with Crippen molar-refractivity contribution in [1.82, 2.24) is 0 Å². The largest absolute Gasteiger partial charge is 0.383 e. The number of aliphatic hydroxyl groups excluding tert-OH is 1. The first-order valence-electron chi connectivity index (χ1n) is 2.65. The van der Waals surface area contributed by atoms with Crippen molar-refractivity contribution >= 4 is 27.5 Å². The van der Waals surface area contributed by atoms with E-state index in [1.807, 2.05) is 0 Å². The fourth-order valence-corrected chi connectivity index (χ4v) is 1.40. The van der Waals surface area contributed by atoms with Gasteiger partial charge in [-0.25, -0.2) is 4.39 Å². The monoisotopic (exact) mass is 226 g/mol. The van der Waals surface area contributed by atoms with E-state index in [9.17, 15) is 4.39 Å². The number of allylic oxidation sites excluding steroid dienone is 2. The fraction of sp³-hybridized carbons (Fsp3) is 0.333. The van der Waals surface area contributed by atoms with Gasteiger partial charge in [-0.05, 0) is 28.1 Å². The summed E-state index contributed by atoms with van der Waals surface area (Å²) in [5.41, 5.74) is 0. The molecule has 1 N–H and O–H groups in total. The summed E-state index contributed by atoms with van der Waals surface area (Å²) < 4.78 is 11.1. The second kappa shape index (κ2) is 2.64. The van der Waals surface area contributed by atoms with Crippen molar-refractivity contribution in [2.45, 2.75) is 10.7 Å².